The van der Waals surface area contributed by atoms with E-state index in [2.05, 4.69) is 4.72 Å². The quantitative estimate of drug-likeness (QED) is 0.841. The van der Waals surface area contributed by atoms with E-state index in [-0.39, 0.29) is 11.8 Å². The van der Waals surface area contributed by atoms with E-state index in [0.717, 1.165) is 11.3 Å². The lowest BCUT2D eigenvalue weighted by Crippen LogP contribution is -2.35. The molecule has 17 heavy (non-hydrogen) atoms. The molecule has 0 aliphatic carbocycles. The van der Waals surface area contributed by atoms with Crippen molar-refractivity contribution >= 4 is 10.0 Å². The van der Waals surface area contributed by atoms with E-state index in [4.69, 9.17) is 4.74 Å². The van der Waals surface area contributed by atoms with Crippen molar-refractivity contribution in [3.63, 3.8) is 0 Å². The van der Waals surface area contributed by atoms with Crippen LogP contribution in [0.3, 0.4) is 0 Å². The van der Waals surface area contributed by atoms with Crippen LogP contribution in [0.1, 0.15) is 19.4 Å². The molecule has 96 valence electrons. The molecule has 0 heterocycles. The second-order valence-electron chi connectivity index (χ2n) is 3.94. The molecule has 0 saturated carbocycles. The number of methoxy groups -OCH3 is 1. The zero-order valence-corrected chi connectivity index (χ0v) is 11.3. The average molecular weight is 257 g/mol. The summed E-state index contributed by atoms with van der Waals surface area (Å²) in [7, 11) is -1.54. The van der Waals surface area contributed by atoms with Crippen LogP contribution in [0.25, 0.3) is 0 Å². The summed E-state index contributed by atoms with van der Waals surface area (Å²) in [5, 5.41) is 0. The van der Waals surface area contributed by atoms with Gasteiger partial charge in [-0.15, -0.1) is 0 Å². The highest BCUT2D eigenvalue weighted by molar-refractivity contribution is 7.89. The summed E-state index contributed by atoms with van der Waals surface area (Å²) in [5.41, 5.74) is 1.00. The Kier molecular flexibility index (Phi) is 4.96. The number of hydrogen-bond donors (Lipinski definition) is 1. The first kappa shape index (κ1) is 14.0. The molecule has 0 aliphatic heterocycles. The van der Waals surface area contributed by atoms with Gasteiger partial charge >= 0.3 is 0 Å². The summed E-state index contributed by atoms with van der Waals surface area (Å²) < 4.78 is 30.7. The lowest BCUT2D eigenvalue weighted by molar-refractivity contribution is 0.407. The third-order valence-corrected chi connectivity index (χ3v) is 4.00. The van der Waals surface area contributed by atoms with Gasteiger partial charge in [-0.05, 0) is 31.9 Å². The minimum absolute atomic E-state index is 0.100. The van der Waals surface area contributed by atoms with E-state index >= 15 is 0 Å². The first-order valence-electron chi connectivity index (χ1n) is 5.60. The molecule has 1 N–H and O–H groups in total. The summed E-state index contributed by atoms with van der Waals surface area (Å²) in [5.74, 6) is 0.888. The minimum Gasteiger partial charge on any atom is -0.496 e. The predicted molar refractivity (Wildman–Crippen MR) is 68.8 cm³/mol. The molecule has 4 nitrogen and oxygen atoms in total. The van der Waals surface area contributed by atoms with E-state index in [1.54, 1.807) is 14.0 Å². The first-order valence-corrected chi connectivity index (χ1v) is 7.25. The van der Waals surface area contributed by atoms with Crippen LogP contribution in [0.5, 0.6) is 5.75 Å². The maximum atomic E-state index is 11.4. The average Bonchev–Trinajstić information content (AvgIpc) is 2.29. The Labute approximate surface area is 103 Å². The molecule has 0 radical (unpaired) electrons. The summed E-state index contributed by atoms with van der Waals surface area (Å²) in [6.07, 6.45) is 0.614. The fourth-order valence-electron chi connectivity index (χ4n) is 1.63. The van der Waals surface area contributed by atoms with Gasteiger partial charge in [-0.3, -0.25) is 0 Å². The number of benzene rings is 1. The van der Waals surface area contributed by atoms with Crippen molar-refractivity contribution in [3.05, 3.63) is 29.8 Å². The molecule has 1 aromatic rings. The molecule has 0 aliphatic rings. The molecule has 1 aromatic carbocycles. The molecular weight excluding hydrogens is 238 g/mol. The van der Waals surface area contributed by atoms with Gasteiger partial charge in [-0.2, -0.15) is 0 Å². The predicted octanol–water partition coefficient (Wildman–Crippen LogP) is 1.57. The second-order valence-corrected chi connectivity index (χ2v) is 5.98. The number of hydrogen-bond acceptors (Lipinski definition) is 3. The van der Waals surface area contributed by atoms with Crippen molar-refractivity contribution in [1.29, 1.82) is 0 Å². The molecule has 0 saturated heterocycles. The molecule has 1 rings (SSSR count). The summed E-state index contributed by atoms with van der Waals surface area (Å²) >= 11 is 0. The van der Waals surface area contributed by atoms with Crippen molar-refractivity contribution in [2.24, 2.45) is 0 Å². The Balaban J connectivity index is 2.71. The van der Waals surface area contributed by atoms with Crippen LogP contribution in [0.4, 0.5) is 0 Å². The molecule has 0 amide bonds. The number of para-hydroxylation sites is 1. The van der Waals surface area contributed by atoms with E-state index in [1.165, 1.54) is 0 Å². The Hall–Kier alpha value is -1.07. The highest BCUT2D eigenvalue weighted by Crippen LogP contribution is 2.18. The van der Waals surface area contributed by atoms with E-state index < -0.39 is 10.0 Å². The van der Waals surface area contributed by atoms with Gasteiger partial charge in [0.1, 0.15) is 5.75 Å². The normalized spacial score (nSPS) is 13.4. The van der Waals surface area contributed by atoms with Crippen LogP contribution in [0.2, 0.25) is 0 Å². The molecule has 0 spiro atoms. The molecule has 0 fully saturated rings. The molecule has 0 bridgehead atoms. The third kappa shape index (κ3) is 4.36. The van der Waals surface area contributed by atoms with Gasteiger partial charge in [0.15, 0.2) is 0 Å². The first-order chi connectivity index (χ1) is 7.98. The summed E-state index contributed by atoms with van der Waals surface area (Å²) in [4.78, 5) is 0. The van der Waals surface area contributed by atoms with Gasteiger partial charge in [-0.25, -0.2) is 13.1 Å². The maximum absolute atomic E-state index is 11.4. The standard InChI is InChI=1S/C12H19NO3S/c1-4-17(14,15)13-10(2)9-11-7-5-6-8-12(11)16-3/h5-8,10,13H,4,9H2,1-3H3/t10-/m1/s1. The molecule has 1 atom stereocenters. The summed E-state index contributed by atoms with van der Waals surface area (Å²) in [6, 6.07) is 7.48. The van der Waals surface area contributed by atoms with Gasteiger partial charge in [0.2, 0.25) is 10.0 Å². The van der Waals surface area contributed by atoms with Crippen molar-refractivity contribution in [3.8, 4) is 5.75 Å². The van der Waals surface area contributed by atoms with Gasteiger partial charge in [0.05, 0.1) is 12.9 Å². The van der Waals surface area contributed by atoms with Crippen LogP contribution in [-0.4, -0.2) is 27.3 Å². The van der Waals surface area contributed by atoms with Crippen LogP contribution in [0.15, 0.2) is 24.3 Å². The van der Waals surface area contributed by atoms with E-state index in [9.17, 15) is 8.42 Å². The minimum atomic E-state index is -3.15. The molecule has 0 aromatic heterocycles. The van der Waals surface area contributed by atoms with Crippen LogP contribution >= 0.6 is 0 Å². The van der Waals surface area contributed by atoms with Gasteiger partial charge in [0.25, 0.3) is 0 Å². The SMILES string of the molecule is CCS(=O)(=O)N[C@H](C)Cc1ccccc1OC. The van der Waals surface area contributed by atoms with Gasteiger partial charge in [-0.1, -0.05) is 18.2 Å². The number of ether oxygens (including phenoxy) is 1. The van der Waals surface area contributed by atoms with Crippen molar-refractivity contribution in [2.75, 3.05) is 12.9 Å². The van der Waals surface area contributed by atoms with Gasteiger partial charge < -0.3 is 4.74 Å². The number of sulfonamides is 1. The Morgan fingerprint density at radius 1 is 1.35 bits per heavy atom. The monoisotopic (exact) mass is 257 g/mol. The zero-order valence-electron chi connectivity index (χ0n) is 10.4. The Morgan fingerprint density at radius 3 is 2.59 bits per heavy atom. The fraction of sp³-hybridized carbons (Fsp3) is 0.500. The molecule has 5 heteroatoms. The maximum Gasteiger partial charge on any atom is 0.211 e. The van der Waals surface area contributed by atoms with Crippen molar-refractivity contribution in [2.45, 2.75) is 26.3 Å². The summed E-state index contributed by atoms with van der Waals surface area (Å²) in [6.45, 7) is 3.47. The third-order valence-electron chi connectivity index (χ3n) is 2.48. The highest BCUT2D eigenvalue weighted by Gasteiger charge is 2.13. The highest BCUT2D eigenvalue weighted by atomic mass is 32.2. The number of rotatable bonds is 6. The Morgan fingerprint density at radius 2 is 2.00 bits per heavy atom. The smallest absolute Gasteiger partial charge is 0.211 e. The van der Waals surface area contributed by atoms with E-state index in [1.807, 2.05) is 31.2 Å². The van der Waals surface area contributed by atoms with Crippen LogP contribution < -0.4 is 9.46 Å². The lowest BCUT2D eigenvalue weighted by atomic mass is 10.1. The zero-order chi connectivity index (χ0) is 12.9. The van der Waals surface area contributed by atoms with Gasteiger partial charge in [0, 0.05) is 6.04 Å². The molecule has 0 unspecified atom stereocenters. The van der Waals surface area contributed by atoms with E-state index in [0.29, 0.717) is 6.42 Å². The van der Waals surface area contributed by atoms with Crippen LogP contribution in [0, 0.1) is 0 Å². The fourth-order valence-corrected chi connectivity index (χ4v) is 2.50. The largest absolute Gasteiger partial charge is 0.496 e. The Bertz CT molecular complexity index is 457. The lowest BCUT2D eigenvalue weighted by Gasteiger charge is -2.15. The topological polar surface area (TPSA) is 55.4 Å². The number of nitrogens with one attached hydrogen (secondary N) is 1. The molecular formula is C12H19NO3S. The van der Waals surface area contributed by atoms with Crippen molar-refractivity contribution in [1.82, 2.24) is 4.72 Å². The van der Waals surface area contributed by atoms with Crippen molar-refractivity contribution < 1.29 is 13.2 Å². The second kappa shape index (κ2) is 6.02. The van der Waals surface area contributed by atoms with Crippen LogP contribution in [-0.2, 0) is 16.4 Å².